The van der Waals surface area contributed by atoms with Crippen LogP contribution in [0, 0.1) is 6.92 Å². The van der Waals surface area contributed by atoms with Gasteiger partial charge in [0.2, 0.25) is 0 Å². The number of rotatable bonds is 2. The van der Waals surface area contributed by atoms with Crippen molar-refractivity contribution in [2.45, 2.75) is 6.92 Å². The fourth-order valence-corrected chi connectivity index (χ4v) is 4.69. The first-order chi connectivity index (χ1) is 14.8. The lowest BCUT2D eigenvalue weighted by Crippen LogP contribution is -1.93. The van der Waals surface area contributed by atoms with Gasteiger partial charge in [0, 0.05) is 16.5 Å². The van der Waals surface area contributed by atoms with Crippen molar-refractivity contribution in [3.05, 3.63) is 115 Å². The lowest BCUT2D eigenvalue weighted by atomic mass is 9.95. The van der Waals surface area contributed by atoms with Crippen molar-refractivity contribution in [3.8, 4) is 16.8 Å². The normalized spacial score (nSPS) is 11.5. The number of hydrogen-bond donors (Lipinski definition) is 0. The Hall–Kier alpha value is -3.84. The Morgan fingerprint density at radius 1 is 0.500 bits per heavy atom. The van der Waals surface area contributed by atoms with Crippen molar-refractivity contribution in [1.82, 2.24) is 4.57 Å². The Morgan fingerprint density at radius 3 is 2.00 bits per heavy atom. The second-order valence-electron chi connectivity index (χ2n) is 7.90. The molecule has 0 fully saturated rings. The molecule has 0 radical (unpaired) electrons. The molecule has 142 valence electrons. The van der Waals surface area contributed by atoms with E-state index in [9.17, 15) is 0 Å². The summed E-state index contributed by atoms with van der Waals surface area (Å²) in [6.07, 6.45) is 0. The highest BCUT2D eigenvalue weighted by Gasteiger charge is 2.14. The van der Waals surface area contributed by atoms with Crippen LogP contribution >= 0.6 is 0 Å². The summed E-state index contributed by atoms with van der Waals surface area (Å²) in [4.78, 5) is 0. The van der Waals surface area contributed by atoms with Gasteiger partial charge < -0.3 is 4.57 Å². The number of nitrogens with zero attached hydrogens (tertiary/aromatic N) is 1. The average molecular weight is 383 g/mol. The summed E-state index contributed by atoms with van der Waals surface area (Å²) in [5.74, 6) is 0. The van der Waals surface area contributed by atoms with Crippen molar-refractivity contribution in [3.63, 3.8) is 0 Å². The number of aryl methyl sites for hydroxylation is 1. The highest BCUT2D eigenvalue weighted by molar-refractivity contribution is 6.11. The smallest absolute Gasteiger partial charge is 0.0547 e. The van der Waals surface area contributed by atoms with Gasteiger partial charge in [-0.25, -0.2) is 0 Å². The molecule has 0 aliphatic rings. The molecule has 0 N–H and O–H groups in total. The third-order valence-corrected chi connectivity index (χ3v) is 6.14. The largest absolute Gasteiger partial charge is 0.309 e. The van der Waals surface area contributed by atoms with Crippen LogP contribution in [0.4, 0.5) is 0 Å². The maximum atomic E-state index is 2.38. The van der Waals surface area contributed by atoms with Crippen molar-refractivity contribution < 1.29 is 0 Å². The highest BCUT2D eigenvalue weighted by atomic mass is 15.0. The Bertz CT molecular complexity index is 1540. The summed E-state index contributed by atoms with van der Waals surface area (Å²) in [6.45, 7) is 2.18. The van der Waals surface area contributed by atoms with E-state index in [1.807, 2.05) is 0 Å². The van der Waals surface area contributed by atoms with Crippen LogP contribution < -0.4 is 0 Å². The van der Waals surface area contributed by atoms with E-state index in [0.29, 0.717) is 0 Å². The monoisotopic (exact) mass is 383 g/mol. The van der Waals surface area contributed by atoms with Gasteiger partial charge in [-0.2, -0.15) is 0 Å². The third kappa shape index (κ3) is 2.49. The second kappa shape index (κ2) is 6.60. The molecule has 0 aliphatic heterocycles. The van der Waals surface area contributed by atoms with Crippen LogP contribution in [0.3, 0.4) is 0 Å². The van der Waals surface area contributed by atoms with Gasteiger partial charge >= 0.3 is 0 Å². The Kier molecular flexibility index (Phi) is 3.75. The van der Waals surface area contributed by atoms with E-state index in [1.54, 1.807) is 0 Å². The van der Waals surface area contributed by atoms with Crippen molar-refractivity contribution in [2.24, 2.45) is 0 Å². The molecule has 0 aliphatic carbocycles. The summed E-state index contributed by atoms with van der Waals surface area (Å²) < 4.78 is 2.38. The minimum Gasteiger partial charge on any atom is -0.309 e. The van der Waals surface area contributed by atoms with Gasteiger partial charge in [0.05, 0.1) is 11.0 Å². The van der Waals surface area contributed by atoms with Crippen molar-refractivity contribution in [1.29, 1.82) is 0 Å². The maximum Gasteiger partial charge on any atom is 0.0547 e. The lowest BCUT2D eigenvalue weighted by molar-refractivity contribution is 1.18. The minimum absolute atomic E-state index is 1.19. The molecule has 5 aromatic carbocycles. The maximum absolute atomic E-state index is 2.38. The summed E-state index contributed by atoms with van der Waals surface area (Å²) >= 11 is 0. The third-order valence-electron chi connectivity index (χ3n) is 6.14. The van der Waals surface area contributed by atoms with Crippen LogP contribution in [-0.4, -0.2) is 4.57 Å². The first kappa shape index (κ1) is 17.1. The number of fused-ring (bicyclic) bond motifs is 4. The molecule has 0 saturated heterocycles. The topological polar surface area (TPSA) is 4.93 Å². The zero-order valence-electron chi connectivity index (χ0n) is 16.8. The van der Waals surface area contributed by atoms with Crippen LogP contribution in [0.1, 0.15) is 5.56 Å². The number of benzene rings is 5. The molecular weight excluding hydrogens is 362 g/mol. The molecule has 0 unspecified atom stereocenters. The average Bonchev–Trinajstić information content (AvgIpc) is 3.14. The molecule has 1 nitrogen and oxygen atoms in total. The summed E-state index contributed by atoms with van der Waals surface area (Å²) in [6, 6.07) is 39.4. The predicted molar refractivity (Wildman–Crippen MR) is 128 cm³/mol. The Morgan fingerprint density at radius 2 is 1.17 bits per heavy atom. The molecule has 1 heterocycles. The highest BCUT2D eigenvalue weighted by Crippen LogP contribution is 2.37. The van der Waals surface area contributed by atoms with Gasteiger partial charge in [-0.15, -0.1) is 0 Å². The Labute approximate surface area is 175 Å². The molecule has 0 saturated carbocycles. The quantitative estimate of drug-likeness (QED) is 0.286. The van der Waals surface area contributed by atoms with Crippen molar-refractivity contribution in [2.75, 3.05) is 0 Å². The molecule has 0 spiro atoms. The van der Waals surface area contributed by atoms with Crippen LogP contribution in [0.25, 0.3) is 49.4 Å². The molecular formula is C29H21N. The molecule has 0 atom stereocenters. The second-order valence-corrected chi connectivity index (χ2v) is 7.90. The van der Waals surface area contributed by atoms with E-state index in [4.69, 9.17) is 0 Å². The lowest BCUT2D eigenvalue weighted by Gasteiger charge is -2.11. The summed E-state index contributed by atoms with van der Waals surface area (Å²) in [7, 11) is 0. The summed E-state index contributed by atoms with van der Waals surface area (Å²) in [5, 5.41) is 5.20. The molecule has 6 aromatic rings. The van der Waals surface area contributed by atoms with Gasteiger partial charge in [0.15, 0.2) is 0 Å². The van der Waals surface area contributed by atoms with Gasteiger partial charge in [-0.1, -0.05) is 84.9 Å². The van der Waals surface area contributed by atoms with E-state index in [2.05, 4.69) is 121 Å². The molecule has 6 rings (SSSR count). The van der Waals surface area contributed by atoms with Gasteiger partial charge in [-0.3, -0.25) is 0 Å². The predicted octanol–water partition coefficient (Wildman–Crippen LogP) is 7.91. The first-order valence-electron chi connectivity index (χ1n) is 10.4. The van der Waals surface area contributed by atoms with E-state index < -0.39 is 0 Å². The zero-order valence-corrected chi connectivity index (χ0v) is 16.8. The summed E-state index contributed by atoms with van der Waals surface area (Å²) in [5.41, 5.74) is 7.51. The van der Waals surface area contributed by atoms with Gasteiger partial charge in [0.25, 0.3) is 0 Å². The fourth-order valence-electron chi connectivity index (χ4n) is 4.69. The van der Waals surface area contributed by atoms with E-state index >= 15 is 0 Å². The number of hydrogen-bond acceptors (Lipinski definition) is 0. The molecule has 0 amide bonds. The van der Waals surface area contributed by atoms with E-state index in [1.165, 1.54) is 55.0 Å². The first-order valence-corrected chi connectivity index (χ1v) is 10.4. The number of aromatic nitrogens is 1. The van der Waals surface area contributed by atoms with Gasteiger partial charge in [-0.05, 0) is 58.7 Å². The SMILES string of the molecule is Cc1ccc(-c2ccc3c4ccccc4n(-c4ccccc4)c3c2)c2ccccc12. The fraction of sp³-hybridized carbons (Fsp3) is 0.0345. The number of para-hydroxylation sites is 2. The van der Waals surface area contributed by atoms with Crippen LogP contribution in [0.2, 0.25) is 0 Å². The van der Waals surface area contributed by atoms with E-state index in [-0.39, 0.29) is 0 Å². The van der Waals surface area contributed by atoms with Crippen molar-refractivity contribution >= 4 is 32.6 Å². The molecule has 1 aromatic heterocycles. The minimum atomic E-state index is 1.19. The van der Waals surface area contributed by atoms with Crippen LogP contribution in [0.15, 0.2) is 109 Å². The van der Waals surface area contributed by atoms with Crippen LogP contribution in [0.5, 0.6) is 0 Å². The molecule has 0 bridgehead atoms. The standard InChI is InChI=1S/C29H21N/c1-20-15-17-24(25-12-6-5-11-23(20)25)21-16-18-27-26-13-7-8-14-28(26)30(29(27)19-21)22-9-3-2-4-10-22/h2-19H,1H3. The van der Waals surface area contributed by atoms with E-state index in [0.717, 1.165) is 0 Å². The Balaban J connectivity index is 1.70. The van der Waals surface area contributed by atoms with Gasteiger partial charge in [0.1, 0.15) is 0 Å². The molecule has 30 heavy (non-hydrogen) atoms. The molecule has 1 heteroatoms. The van der Waals surface area contributed by atoms with Crippen LogP contribution in [-0.2, 0) is 0 Å². The zero-order chi connectivity index (χ0) is 20.1.